The predicted molar refractivity (Wildman–Crippen MR) is 77.2 cm³/mol. The maximum absolute atomic E-state index is 11.6. The summed E-state index contributed by atoms with van der Waals surface area (Å²) >= 11 is 0. The number of non-ortho nitro benzene ring substituents is 1. The Morgan fingerprint density at radius 1 is 1.25 bits per heavy atom. The van der Waals surface area contributed by atoms with Gasteiger partial charge in [0, 0.05) is 24.7 Å². The lowest BCUT2D eigenvalue weighted by atomic mass is 10.1. The molecule has 1 aromatic carbocycles. The Bertz CT molecular complexity index is 457. The van der Waals surface area contributed by atoms with Gasteiger partial charge in [0.15, 0.2) is 0 Å². The number of amides is 1. The largest absolute Gasteiger partial charge is 0.352 e. The Kier molecular flexibility index (Phi) is 6.11. The molecule has 1 unspecified atom stereocenters. The number of nitro groups is 1. The first-order valence-electron chi connectivity index (χ1n) is 6.63. The molecule has 1 atom stereocenters. The van der Waals surface area contributed by atoms with Crippen LogP contribution in [0.5, 0.6) is 0 Å². The van der Waals surface area contributed by atoms with E-state index in [1.807, 2.05) is 6.92 Å². The average molecular weight is 279 g/mol. The Morgan fingerprint density at radius 3 is 2.35 bits per heavy atom. The van der Waals surface area contributed by atoms with Gasteiger partial charge in [-0.2, -0.15) is 0 Å². The van der Waals surface area contributed by atoms with Gasteiger partial charge in [-0.25, -0.2) is 0 Å². The molecule has 2 N–H and O–H groups in total. The molecular weight excluding hydrogens is 258 g/mol. The molecule has 20 heavy (non-hydrogen) atoms. The van der Waals surface area contributed by atoms with Crippen LogP contribution in [0.25, 0.3) is 0 Å². The summed E-state index contributed by atoms with van der Waals surface area (Å²) in [5, 5.41) is 16.4. The third-order valence-electron chi connectivity index (χ3n) is 3.15. The van der Waals surface area contributed by atoms with Crippen LogP contribution in [0.1, 0.15) is 26.3 Å². The molecule has 0 aromatic heterocycles. The van der Waals surface area contributed by atoms with Gasteiger partial charge in [0.25, 0.3) is 5.69 Å². The van der Waals surface area contributed by atoms with Crippen molar-refractivity contribution >= 4 is 11.6 Å². The van der Waals surface area contributed by atoms with Crippen molar-refractivity contribution < 1.29 is 9.72 Å². The number of hydrogen-bond donors (Lipinski definition) is 2. The Labute approximate surface area is 118 Å². The van der Waals surface area contributed by atoms with Crippen LogP contribution in [-0.2, 0) is 11.3 Å². The van der Waals surface area contributed by atoms with E-state index in [1.165, 1.54) is 12.1 Å². The number of rotatable bonds is 7. The summed E-state index contributed by atoms with van der Waals surface area (Å²) in [4.78, 5) is 21.7. The molecule has 0 heterocycles. The van der Waals surface area contributed by atoms with Crippen molar-refractivity contribution in [2.24, 2.45) is 5.92 Å². The van der Waals surface area contributed by atoms with Crippen molar-refractivity contribution in [2.45, 2.75) is 33.4 Å². The lowest BCUT2D eigenvalue weighted by Gasteiger charge is -2.17. The summed E-state index contributed by atoms with van der Waals surface area (Å²) in [6.45, 7) is 6.80. The third kappa shape index (κ3) is 5.36. The smallest absolute Gasteiger partial charge is 0.269 e. The van der Waals surface area contributed by atoms with E-state index < -0.39 is 4.92 Å². The van der Waals surface area contributed by atoms with E-state index in [9.17, 15) is 14.9 Å². The Balaban J connectivity index is 2.33. The van der Waals surface area contributed by atoms with Crippen LogP contribution in [0.15, 0.2) is 24.3 Å². The van der Waals surface area contributed by atoms with E-state index in [4.69, 9.17) is 0 Å². The molecule has 110 valence electrons. The summed E-state index contributed by atoms with van der Waals surface area (Å²) in [5.74, 6) is 0.349. The molecule has 1 rings (SSSR count). The van der Waals surface area contributed by atoms with Crippen LogP contribution >= 0.6 is 0 Å². The van der Waals surface area contributed by atoms with E-state index >= 15 is 0 Å². The standard InChI is InChI=1S/C14H21N3O3/c1-10(2)11(3)16-14(18)9-15-8-12-4-6-13(7-5-12)17(19)20/h4-7,10-11,15H,8-9H2,1-3H3,(H,16,18). The number of nitrogens with zero attached hydrogens (tertiary/aromatic N) is 1. The maximum Gasteiger partial charge on any atom is 0.269 e. The second-order valence-electron chi connectivity index (χ2n) is 5.13. The zero-order valence-electron chi connectivity index (χ0n) is 12.1. The third-order valence-corrected chi connectivity index (χ3v) is 3.15. The molecule has 6 nitrogen and oxygen atoms in total. The zero-order valence-corrected chi connectivity index (χ0v) is 12.1. The van der Waals surface area contributed by atoms with Crippen LogP contribution < -0.4 is 10.6 Å². The molecule has 0 bridgehead atoms. The first kappa shape index (κ1) is 16.1. The van der Waals surface area contributed by atoms with E-state index in [2.05, 4.69) is 24.5 Å². The van der Waals surface area contributed by atoms with Crippen molar-refractivity contribution in [2.75, 3.05) is 6.54 Å². The van der Waals surface area contributed by atoms with Crippen molar-refractivity contribution in [3.63, 3.8) is 0 Å². The van der Waals surface area contributed by atoms with Gasteiger partial charge in [0.05, 0.1) is 11.5 Å². The first-order valence-corrected chi connectivity index (χ1v) is 6.63. The fraction of sp³-hybridized carbons (Fsp3) is 0.500. The lowest BCUT2D eigenvalue weighted by Crippen LogP contribution is -2.41. The Hall–Kier alpha value is -1.95. The number of benzene rings is 1. The molecule has 0 spiro atoms. The summed E-state index contributed by atoms with van der Waals surface area (Å²) in [6, 6.07) is 6.42. The Morgan fingerprint density at radius 2 is 1.85 bits per heavy atom. The van der Waals surface area contributed by atoms with Gasteiger partial charge < -0.3 is 10.6 Å². The van der Waals surface area contributed by atoms with Crippen LogP contribution in [0.2, 0.25) is 0 Å². The minimum Gasteiger partial charge on any atom is -0.352 e. The van der Waals surface area contributed by atoms with Crippen LogP contribution in [0.4, 0.5) is 5.69 Å². The van der Waals surface area contributed by atoms with Gasteiger partial charge in [-0.05, 0) is 18.4 Å². The summed E-state index contributed by atoms with van der Waals surface area (Å²) in [7, 11) is 0. The van der Waals surface area contributed by atoms with Gasteiger partial charge >= 0.3 is 0 Å². The number of nitro benzene ring substituents is 1. The van der Waals surface area contributed by atoms with Crippen molar-refractivity contribution in [3.05, 3.63) is 39.9 Å². The fourth-order valence-corrected chi connectivity index (χ4v) is 1.53. The van der Waals surface area contributed by atoms with Gasteiger partial charge in [-0.3, -0.25) is 14.9 Å². The van der Waals surface area contributed by atoms with Crippen LogP contribution in [0.3, 0.4) is 0 Å². The SMILES string of the molecule is CC(C)C(C)NC(=O)CNCc1ccc([N+](=O)[O-])cc1. The molecule has 0 radical (unpaired) electrons. The van der Waals surface area contributed by atoms with E-state index in [-0.39, 0.29) is 24.2 Å². The molecule has 0 saturated carbocycles. The number of nitrogens with one attached hydrogen (secondary N) is 2. The summed E-state index contributed by atoms with van der Waals surface area (Å²) in [5.41, 5.74) is 0.970. The van der Waals surface area contributed by atoms with Gasteiger partial charge in [-0.15, -0.1) is 0 Å². The maximum atomic E-state index is 11.6. The normalized spacial score (nSPS) is 12.2. The summed E-state index contributed by atoms with van der Waals surface area (Å²) < 4.78 is 0. The van der Waals surface area contributed by atoms with E-state index in [1.54, 1.807) is 12.1 Å². The minimum absolute atomic E-state index is 0.0480. The first-order chi connectivity index (χ1) is 9.40. The predicted octanol–water partition coefficient (Wildman–Crippen LogP) is 1.85. The molecule has 0 aliphatic rings. The number of hydrogen-bond acceptors (Lipinski definition) is 4. The van der Waals surface area contributed by atoms with E-state index in [0.717, 1.165) is 5.56 Å². The monoisotopic (exact) mass is 279 g/mol. The second kappa shape index (κ2) is 7.59. The molecule has 0 aliphatic heterocycles. The highest BCUT2D eigenvalue weighted by Gasteiger charge is 2.10. The highest BCUT2D eigenvalue weighted by molar-refractivity contribution is 5.78. The minimum atomic E-state index is -0.433. The molecule has 0 saturated heterocycles. The number of carbonyl (C=O) groups is 1. The van der Waals surface area contributed by atoms with Gasteiger partial charge in [-0.1, -0.05) is 26.0 Å². The van der Waals surface area contributed by atoms with Crippen molar-refractivity contribution in [1.29, 1.82) is 0 Å². The second-order valence-corrected chi connectivity index (χ2v) is 5.13. The van der Waals surface area contributed by atoms with Crippen molar-refractivity contribution in [1.82, 2.24) is 10.6 Å². The topological polar surface area (TPSA) is 84.3 Å². The highest BCUT2D eigenvalue weighted by Crippen LogP contribution is 2.11. The molecule has 0 aliphatic carbocycles. The molecule has 6 heteroatoms. The van der Waals surface area contributed by atoms with E-state index in [0.29, 0.717) is 12.5 Å². The van der Waals surface area contributed by atoms with Crippen molar-refractivity contribution in [3.8, 4) is 0 Å². The highest BCUT2D eigenvalue weighted by atomic mass is 16.6. The van der Waals surface area contributed by atoms with Crippen LogP contribution in [-0.4, -0.2) is 23.4 Å². The van der Waals surface area contributed by atoms with Crippen LogP contribution in [0, 0.1) is 16.0 Å². The van der Waals surface area contributed by atoms with Gasteiger partial charge in [0.1, 0.15) is 0 Å². The zero-order chi connectivity index (χ0) is 15.1. The lowest BCUT2D eigenvalue weighted by molar-refractivity contribution is -0.384. The molecule has 1 amide bonds. The fourth-order valence-electron chi connectivity index (χ4n) is 1.53. The molecular formula is C14H21N3O3. The quantitative estimate of drug-likeness (QED) is 0.589. The molecule has 1 aromatic rings. The summed E-state index contributed by atoms with van der Waals surface area (Å²) in [6.07, 6.45) is 0. The van der Waals surface area contributed by atoms with Gasteiger partial charge in [0.2, 0.25) is 5.91 Å². The average Bonchev–Trinajstić information content (AvgIpc) is 2.39. The molecule has 0 fully saturated rings. The number of carbonyl (C=O) groups excluding carboxylic acids is 1.